The van der Waals surface area contributed by atoms with Crippen molar-refractivity contribution in [1.82, 2.24) is 4.90 Å². The molecule has 3 aromatic rings. The van der Waals surface area contributed by atoms with Crippen LogP contribution in [0.25, 0.3) is 0 Å². The lowest BCUT2D eigenvalue weighted by Gasteiger charge is -2.36. The summed E-state index contributed by atoms with van der Waals surface area (Å²) in [4.78, 5) is 14.9. The van der Waals surface area contributed by atoms with Crippen molar-refractivity contribution in [3.05, 3.63) is 108 Å². The summed E-state index contributed by atoms with van der Waals surface area (Å²) in [7, 11) is 0. The van der Waals surface area contributed by atoms with Crippen LogP contribution in [0.3, 0.4) is 0 Å². The first-order chi connectivity index (χ1) is 14.8. The summed E-state index contributed by atoms with van der Waals surface area (Å²) in [5.74, 6) is 1.39. The Kier molecular flexibility index (Phi) is 8.87. The van der Waals surface area contributed by atoms with Gasteiger partial charge in [0.2, 0.25) is 0 Å². The van der Waals surface area contributed by atoms with Gasteiger partial charge in [0.05, 0.1) is 0 Å². The number of likely N-dealkylation sites (tertiary alicyclic amines) is 1. The molecular weight excluding hydrogens is 402 g/mol. The molecule has 2 nitrogen and oxygen atoms in total. The van der Waals surface area contributed by atoms with E-state index < -0.39 is 0 Å². The quantitative estimate of drug-likeness (QED) is 0.372. The fraction of sp³-hybridized carbons (Fsp3) is 0.321. The Morgan fingerprint density at radius 3 is 1.77 bits per heavy atom. The highest BCUT2D eigenvalue weighted by atomic mass is 35.5. The smallest absolute Gasteiger partial charge is 0.162 e. The van der Waals surface area contributed by atoms with Crippen LogP contribution in [0.15, 0.2) is 91.0 Å². The predicted octanol–water partition coefficient (Wildman–Crippen LogP) is 6.62. The monoisotopic (exact) mass is 433 g/mol. The van der Waals surface area contributed by atoms with Gasteiger partial charge in [0.25, 0.3) is 0 Å². The van der Waals surface area contributed by atoms with Crippen molar-refractivity contribution in [1.29, 1.82) is 0 Å². The molecular formula is C28H32ClNO. The molecule has 0 radical (unpaired) electrons. The van der Waals surface area contributed by atoms with E-state index in [-0.39, 0.29) is 18.2 Å². The molecule has 0 aromatic heterocycles. The van der Waals surface area contributed by atoms with E-state index in [9.17, 15) is 4.79 Å². The van der Waals surface area contributed by atoms with Gasteiger partial charge in [-0.05, 0) is 55.9 Å². The molecule has 0 spiro atoms. The molecule has 3 heteroatoms. The van der Waals surface area contributed by atoms with Crippen LogP contribution in [-0.4, -0.2) is 30.3 Å². The molecule has 1 heterocycles. The average molecular weight is 434 g/mol. The standard InChI is InChI=1S/C28H31NO.ClH/c30-27(23-11-4-1-5-12-23)17-10-20-29-21-18-26(19-22-29)28(24-13-6-2-7-14-24)25-15-8-3-9-16-25;/h1-9,11-16,26,28H,10,17-22H2;1H. The van der Waals surface area contributed by atoms with Crippen LogP contribution in [0.2, 0.25) is 0 Å². The molecule has 31 heavy (non-hydrogen) atoms. The third-order valence-electron chi connectivity index (χ3n) is 6.39. The van der Waals surface area contributed by atoms with Gasteiger partial charge in [-0.3, -0.25) is 4.79 Å². The Morgan fingerprint density at radius 2 is 1.26 bits per heavy atom. The summed E-state index contributed by atoms with van der Waals surface area (Å²) in [5.41, 5.74) is 3.69. The molecule has 3 aromatic carbocycles. The molecule has 0 amide bonds. The number of rotatable bonds is 8. The van der Waals surface area contributed by atoms with Gasteiger partial charge in [-0.25, -0.2) is 0 Å². The summed E-state index contributed by atoms with van der Waals surface area (Å²) in [6.07, 6.45) is 4.00. The van der Waals surface area contributed by atoms with Gasteiger partial charge in [0.1, 0.15) is 0 Å². The number of halogens is 1. The van der Waals surface area contributed by atoms with Crippen molar-refractivity contribution in [2.75, 3.05) is 19.6 Å². The lowest BCUT2D eigenvalue weighted by Crippen LogP contribution is -2.36. The van der Waals surface area contributed by atoms with Crippen LogP contribution in [0.1, 0.15) is 53.1 Å². The van der Waals surface area contributed by atoms with Gasteiger partial charge >= 0.3 is 0 Å². The van der Waals surface area contributed by atoms with E-state index in [2.05, 4.69) is 65.6 Å². The normalized spacial score (nSPS) is 14.9. The molecule has 1 aliphatic heterocycles. The highest BCUT2D eigenvalue weighted by molar-refractivity contribution is 5.95. The van der Waals surface area contributed by atoms with Crippen LogP contribution in [0, 0.1) is 5.92 Å². The fourth-order valence-corrected chi connectivity index (χ4v) is 4.80. The molecule has 0 saturated carbocycles. The molecule has 1 fully saturated rings. The van der Waals surface area contributed by atoms with Crippen molar-refractivity contribution in [3.8, 4) is 0 Å². The predicted molar refractivity (Wildman–Crippen MR) is 131 cm³/mol. The minimum atomic E-state index is 0. The van der Waals surface area contributed by atoms with Gasteiger partial charge < -0.3 is 4.90 Å². The van der Waals surface area contributed by atoms with Crippen molar-refractivity contribution in [3.63, 3.8) is 0 Å². The Morgan fingerprint density at radius 1 is 0.774 bits per heavy atom. The Hall–Kier alpha value is -2.42. The van der Waals surface area contributed by atoms with E-state index in [4.69, 9.17) is 0 Å². The van der Waals surface area contributed by atoms with E-state index in [1.807, 2.05) is 30.3 Å². The second-order valence-electron chi connectivity index (χ2n) is 8.37. The molecule has 0 bridgehead atoms. The zero-order valence-electron chi connectivity index (χ0n) is 18.0. The van der Waals surface area contributed by atoms with Crippen LogP contribution in [-0.2, 0) is 0 Å². The van der Waals surface area contributed by atoms with Gasteiger partial charge in [-0.1, -0.05) is 91.0 Å². The number of piperidine rings is 1. The largest absolute Gasteiger partial charge is 0.303 e. The highest BCUT2D eigenvalue weighted by Crippen LogP contribution is 2.37. The van der Waals surface area contributed by atoms with E-state index in [1.54, 1.807) is 0 Å². The number of hydrogen-bond acceptors (Lipinski definition) is 2. The van der Waals surface area contributed by atoms with Crippen LogP contribution < -0.4 is 0 Å². The molecule has 1 saturated heterocycles. The van der Waals surface area contributed by atoms with Gasteiger partial charge in [0, 0.05) is 17.9 Å². The van der Waals surface area contributed by atoms with E-state index in [1.165, 1.54) is 24.0 Å². The minimum Gasteiger partial charge on any atom is -0.303 e. The number of ketones is 1. The Labute approximate surface area is 192 Å². The number of Topliss-reactive ketones (excluding diaryl/α,β-unsaturated/α-hetero) is 1. The highest BCUT2D eigenvalue weighted by Gasteiger charge is 2.28. The van der Waals surface area contributed by atoms with Crippen molar-refractivity contribution in [2.24, 2.45) is 5.92 Å². The average Bonchev–Trinajstić information content (AvgIpc) is 2.82. The molecule has 0 N–H and O–H groups in total. The van der Waals surface area contributed by atoms with E-state index in [0.29, 0.717) is 18.3 Å². The lowest BCUT2D eigenvalue weighted by molar-refractivity contribution is 0.0969. The third-order valence-corrected chi connectivity index (χ3v) is 6.39. The van der Waals surface area contributed by atoms with Gasteiger partial charge in [-0.2, -0.15) is 0 Å². The first-order valence-electron chi connectivity index (χ1n) is 11.2. The van der Waals surface area contributed by atoms with Crippen LogP contribution >= 0.6 is 12.4 Å². The first kappa shape index (κ1) is 23.2. The molecule has 0 unspecified atom stereocenters. The minimum absolute atomic E-state index is 0. The molecule has 0 aliphatic carbocycles. The SMILES string of the molecule is Cl.O=C(CCCN1CCC(C(c2ccccc2)c2ccccc2)CC1)c1ccccc1. The van der Waals surface area contributed by atoms with Gasteiger partial charge in [-0.15, -0.1) is 12.4 Å². The third kappa shape index (κ3) is 6.29. The Bertz CT molecular complexity index is 866. The molecule has 4 rings (SSSR count). The van der Waals surface area contributed by atoms with Crippen molar-refractivity contribution >= 4 is 18.2 Å². The summed E-state index contributed by atoms with van der Waals surface area (Å²) in [6, 6.07) is 31.6. The molecule has 162 valence electrons. The van der Waals surface area contributed by atoms with E-state index in [0.717, 1.165) is 31.6 Å². The maximum atomic E-state index is 12.3. The number of nitrogens with zero attached hydrogens (tertiary/aromatic N) is 1. The number of benzene rings is 3. The zero-order valence-corrected chi connectivity index (χ0v) is 18.8. The van der Waals surface area contributed by atoms with Crippen molar-refractivity contribution < 1.29 is 4.79 Å². The fourth-order valence-electron chi connectivity index (χ4n) is 4.80. The van der Waals surface area contributed by atoms with Crippen molar-refractivity contribution in [2.45, 2.75) is 31.6 Å². The Balaban J connectivity index is 0.00000272. The summed E-state index contributed by atoms with van der Waals surface area (Å²) in [6.45, 7) is 3.27. The maximum Gasteiger partial charge on any atom is 0.162 e. The lowest BCUT2D eigenvalue weighted by atomic mass is 9.76. The van der Waals surface area contributed by atoms with Gasteiger partial charge in [0.15, 0.2) is 5.78 Å². The zero-order chi connectivity index (χ0) is 20.6. The number of carbonyl (C=O) groups is 1. The summed E-state index contributed by atoms with van der Waals surface area (Å²) >= 11 is 0. The second-order valence-corrected chi connectivity index (χ2v) is 8.37. The first-order valence-corrected chi connectivity index (χ1v) is 11.2. The number of hydrogen-bond donors (Lipinski definition) is 0. The molecule has 0 atom stereocenters. The molecule has 1 aliphatic rings. The number of carbonyl (C=O) groups excluding carboxylic acids is 1. The van der Waals surface area contributed by atoms with Crippen LogP contribution in [0.5, 0.6) is 0 Å². The maximum absolute atomic E-state index is 12.3. The second kappa shape index (κ2) is 11.8. The van der Waals surface area contributed by atoms with Crippen LogP contribution in [0.4, 0.5) is 0 Å². The van der Waals surface area contributed by atoms with E-state index >= 15 is 0 Å². The summed E-state index contributed by atoms with van der Waals surface area (Å²) in [5, 5.41) is 0. The topological polar surface area (TPSA) is 20.3 Å². The summed E-state index contributed by atoms with van der Waals surface area (Å²) < 4.78 is 0.